The zero-order chi connectivity index (χ0) is 16.9. The van der Waals surface area contributed by atoms with Crippen LogP contribution >= 0.6 is 11.6 Å². The summed E-state index contributed by atoms with van der Waals surface area (Å²) in [6.07, 6.45) is 0.216. The number of carbonyl (C=O) groups is 1. The van der Waals surface area contributed by atoms with Gasteiger partial charge in [-0.3, -0.25) is 4.79 Å². The monoisotopic (exact) mass is 344 g/mol. The number of carbonyl (C=O) groups excluding carboxylic acids is 1. The van der Waals surface area contributed by atoms with Gasteiger partial charge in [0, 0.05) is 5.02 Å². The highest BCUT2D eigenvalue weighted by molar-refractivity contribution is 6.30. The first kappa shape index (κ1) is 16.3. The van der Waals surface area contributed by atoms with Crippen LogP contribution in [0.4, 0.5) is 0 Å². The minimum Gasteiger partial charge on any atom is -0.486 e. The lowest BCUT2D eigenvalue weighted by atomic mass is 10.1. The molecule has 0 radical (unpaired) electrons. The number of fused-ring (bicyclic) bond motifs is 1. The Kier molecular flexibility index (Phi) is 5.01. The number of halogens is 1. The molecule has 3 rings (SSSR count). The van der Waals surface area contributed by atoms with Gasteiger partial charge >= 0.3 is 0 Å². The van der Waals surface area contributed by atoms with Crippen LogP contribution < -0.4 is 14.9 Å². The molecule has 1 amide bonds. The molecule has 0 atom stereocenters. The van der Waals surface area contributed by atoms with E-state index in [1.165, 1.54) is 0 Å². The van der Waals surface area contributed by atoms with Crippen LogP contribution in [0.25, 0.3) is 0 Å². The molecule has 124 valence electrons. The molecule has 1 aliphatic heterocycles. The molecule has 0 unspecified atom stereocenters. The van der Waals surface area contributed by atoms with Crippen molar-refractivity contribution in [2.45, 2.75) is 13.3 Å². The molecule has 2 aromatic carbocycles. The molecule has 0 aliphatic carbocycles. The van der Waals surface area contributed by atoms with Crippen molar-refractivity contribution < 1.29 is 14.3 Å². The Morgan fingerprint density at radius 2 is 1.83 bits per heavy atom. The van der Waals surface area contributed by atoms with E-state index in [1.54, 1.807) is 12.1 Å². The molecule has 24 heavy (non-hydrogen) atoms. The molecule has 0 fully saturated rings. The zero-order valence-corrected chi connectivity index (χ0v) is 14.0. The van der Waals surface area contributed by atoms with Crippen molar-refractivity contribution in [1.82, 2.24) is 5.43 Å². The fourth-order valence-corrected chi connectivity index (χ4v) is 2.45. The molecule has 5 nitrogen and oxygen atoms in total. The number of nitrogens with one attached hydrogen (secondary N) is 1. The van der Waals surface area contributed by atoms with Gasteiger partial charge in [0.2, 0.25) is 5.91 Å². The van der Waals surface area contributed by atoms with E-state index >= 15 is 0 Å². The summed E-state index contributed by atoms with van der Waals surface area (Å²) >= 11 is 5.86. The van der Waals surface area contributed by atoms with Gasteiger partial charge < -0.3 is 9.47 Å². The van der Waals surface area contributed by atoms with Gasteiger partial charge in [0.05, 0.1) is 12.1 Å². The Labute approximate surface area is 145 Å². The minimum absolute atomic E-state index is 0.194. The first-order chi connectivity index (χ1) is 11.6. The molecular formula is C18H17ClN2O3. The van der Waals surface area contributed by atoms with Crippen molar-refractivity contribution in [2.24, 2.45) is 5.10 Å². The number of hydrogen-bond acceptors (Lipinski definition) is 4. The van der Waals surface area contributed by atoms with E-state index in [4.69, 9.17) is 21.1 Å². The summed E-state index contributed by atoms with van der Waals surface area (Å²) in [5.74, 6) is 1.19. The number of amides is 1. The maximum absolute atomic E-state index is 12.1. The predicted octanol–water partition coefficient (Wildman–Crippen LogP) is 3.19. The molecule has 1 aliphatic rings. The van der Waals surface area contributed by atoms with Crippen LogP contribution in [0.3, 0.4) is 0 Å². The Balaban J connectivity index is 1.61. The first-order valence-electron chi connectivity index (χ1n) is 7.59. The van der Waals surface area contributed by atoms with E-state index in [9.17, 15) is 4.79 Å². The maximum atomic E-state index is 12.1. The molecule has 0 aromatic heterocycles. The second-order valence-corrected chi connectivity index (χ2v) is 5.83. The van der Waals surface area contributed by atoms with Gasteiger partial charge in [0.25, 0.3) is 0 Å². The van der Waals surface area contributed by atoms with Gasteiger partial charge in [-0.15, -0.1) is 0 Å². The highest BCUT2D eigenvalue weighted by Crippen LogP contribution is 2.30. The van der Waals surface area contributed by atoms with Crippen LogP contribution in [0.1, 0.15) is 18.1 Å². The maximum Gasteiger partial charge on any atom is 0.244 e. The van der Waals surface area contributed by atoms with Crippen LogP contribution in [-0.2, 0) is 11.2 Å². The van der Waals surface area contributed by atoms with Gasteiger partial charge in [-0.25, -0.2) is 5.43 Å². The van der Waals surface area contributed by atoms with Gasteiger partial charge in [0.1, 0.15) is 13.2 Å². The predicted molar refractivity (Wildman–Crippen MR) is 92.9 cm³/mol. The van der Waals surface area contributed by atoms with E-state index in [2.05, 4.69) is 10.5 Å². The Morgan fingerprint density at radius 3 is 2.58 bits per heavy atom. The van der Waals surface area contributed by atoms with Crippen molar-refractivity contribution >= 4 is 23.2 Å². The fraction of sp³-hybridized carbons (Fsp3) is 0.222. The Morgan fingerprint density at radius 1 is 1.12 bits per heavy atom. The summed E-state index contributed by atoms with van der Waals surface area (Å²) in [5.41, 5.74) is 5.02. The molecule has 0 saturated heterocycles. The molecule has 6 heteroatoms. The molecule has 0 saturated carbocycles. The van der Waals surface area contributed by atoms with E-state index in [-0.39, 0.29) is 12.3 Å². The summed E-state index contributed by atoms with van der Waals surface area (Å²) in [4.78, 5) is 12.1. The number of hydrazone groups is 1. The molecule has 0 bridgehead atoms. The average molecular weight is 345 g/mol. The number of ether oxygens (including phenoxy) is 2. The quantitative estimate of drug-likeness (QED) is 0.684. The third kappa shape index (κ3) is 4.06. The smallest absolute Gasteiger partial charge is 0.244 e. The minimum atomic E-state index is -0.194. The van der Waals surface area contributed by atoms with Crippen molar-refractivity contribution in [3.8, 4) is 11.5 Å². The highest BCUT2D eigenvalue weighted by atomic mass is 35.5. The Bertz CT molecular complexity index is 772. The molecule has 0 spiro atoms. The fourth-order valence-electron chi connectivity index (χ4n) is 2.32. The van der Waals surface area contributed by atoms with Crippen molar-refractivity contribution in [3.05, 3.63) is 58.6 Å². The number of hydrogen-bond donors (Lipinski definition) is 1. The number of rotatable bonds is 4. The molecule has 1 heterocycles. The molecular weight excluding hydrogens is 328 g/mol. The largest absolute Gasteiger partial charge is 0.486 e. The van der Waals surface area contributed by atoms with Crippen LogP contribution in [0.5, 0.6) is 11.5 Å². The Hall–Kier alpha value is -2.53. The number of benzene rings is 2. The third-order valence-electron chi connectivity index (χ3n) is 3.58. The van der Waals surface area contributed by atoms with E-state index in [1.807, 2.05) is 37.3 Å². The lowest BCUT2D eigenvalue weighted by Crippen LogP contribution is -2.21. The normalized spacial score (nSPS) is 13.5. The third-order valence-corrected chi connectivity index (χ3v) is 3.83. The molecule has 2 aromatic rings. The van der Waals surface area contributed by atoms with Crippen LogP contribution in [0.15, 0.2) is 47.6 Å². The summed E-state index contributed by atoms with van der Waals surface area (Å²) in [5, 5.41) is 4.79. The standard InChI is InChI=1S/C18H17ClN2O3/c1-12(14-3-5-15(19)6-4-14)20-21-18(22)11-13-2-7-16-17(10-13)24-9-8-23-16/h2-7,10H,8-9,11H2,1H3,(H,21,22)/b20-12-. The van der Waals surface area contributed by atoms with Gasteiger partial charge in [-0.1, -0.05) is 29.8 Å². The van der Waals surface area contributed by atoms with E-state index < -0.39 is 0 Å². The van der Waals surface area contributed by atoms with Crippen molar-refractivity contribution in [1.29, 1.82) is 0 Å². The van der Waals surface area contributed by atoms with Gasteiger partial charge in [-0.05, 0) is 42.3 Å². The average Bonchev–Trinajstić information content (AvgIpc) is 2.60. The summed E-state index contributed by atoms with van der Waals surface area (Å²) in [6.45, 7) is 2.90. The SMILES string of the molecule is C/C(=N/NC(=O)Cc1ccc2c(c1)OCCO2)c1ccc(Cl)cc1. The lowest BCUT2D eigenvalue weighted by molar-refractivity contribution is -0.120. The summed E-state index contributed by atoms with van der Waals surface area (Å²) < 4.78 is 11.0. The summed E-state index contributed by atoms with van der Waals surface area (Å²) in [7, 11) is 0. The number of nitrogens with zero attached hydrogens (tertiary/aromatic N) is 1. The first-order valence-corrected chi connectivity index (χ1v) is 7.97. The summed E-state index contributed by atoms with van der Waals surface area (Å²) in [6, 6.07) is 12.8. The molecule has 1 N–H and O–H groups in total. The second-order valence-electron chi connectivity index (χ2n) is 5.39. The van der Waals surface area contributed by atoms with Gasteiger partial charge in [-0.2, -0.15) is 5.10 Å². The van der Waals surface area contributed by atoms with Crippen LogP contribution in [0, 0.1) is 0 Å². The second kappa shape index (κ2) is 7.36. The van der Waals surface area contributed by atoms with Gasteiger partial charge in [0.15, 0.2) is 11.5 Å². The van der Waals surface area contributed by atoms with Crippen LogP contribution in [0.2, 0.25) is 5.02 Å². The lowest BCUT2D eigenvalue weighted by Gasteiger charge is -2.18. The van der Waals surface area contributed by atoms with Crippen molar-refractivity contribution in [3.63, 3.8) is 0 Å². The topological polar surface area (TPSA) is 59.9 Å². The zero-order valence-electron chi connectivity index (χ0n) is 13.2. The van der Waals surface area contributed by atoms with Crippen molar-refractivity contribution in [2.75, 3.05) is 13.2 Å². The highest BCUT2D eigenvalue weighted by Gasteiger charge is 2.13. The van der Waals surface area contributed by atoms with E-state index in [0.717, 1.165) is 11.1 Å². The van der Waals surface area contributed by atoms with Crippen LogP contribution in [-0.4, -0.2) is 24.8 Å². The van der Waals surface area contributed by atoms with E-state index in [0.29, 0.717) is 35.4 Å².